The zero-order valence-electron chi connectivity index (χ0n) is 10.6. The molecular formula is C13H17NO3S. The first-order valence-electron chi connectivity index (χ1n) is 5.57. The highest BCUT2D eigenvalue weighted by Crippen LogP contribution is 2.15. The van der Waals surface area contributed by atoms with Crippen LogP contribution < -0.4 is 0 Å². The highest BCUT2D eigenvalue weighted by Gasteiger charge is 2.09. The second-order valence-electron chi connectivity index (χ2n) is 3.75. The van der Waals surface area contributed by atoms with Crippen LogP contribution in [0, 0.1) is 11.8 Å². The van der Waals surface area contributed by atoms with E-state index in [0.29, 0.717) is 19.6 Å². The molecule has 0 aliphatic heterocycles. The summed E-state index contributed by atoms with van der Waals surface area (Å²) in [4.78, 5) is 14.4. The maximum atomic E-state index is 11.7. The third-order valence-corrected chi connectivity index (χ3v) is 3.23. The molecule has 0 radical (unpaired) electrons. The summed E-state index contributed by atoms with van der Waals surface area (Å²) in [6.07, 6.45) is 0.398. The monoisotopic (exact) mass is 267 g/mol. The molecule has 0 unspecified atom stereocenters. The lowest BCUT2D eigenvalue weighted by atomic mass is 10.3. The minimum absolute atomic E-state index is 0.0632. The highest BCUT2D eigenvalue weighted by atomic mass is 32.1. The van der Waals surface area contributed by atoms with Crippen LogP contribution in [0.3, 0.4) is 0 Å². The molecule has 0 spiro atoms. The number of ether oxygens (including phenoxy) is 1. The lowest BCUT2D eigenvalue weighted by Gasteiger charge is -2.15. The SMILES string of the molecule is COCCC(=O)N(C)Cc1cc(C#CCO)cs1. The molecule has 0 aliphatic rings. The van der Waals surface area contributed by atoms with E-state index in [4.69, 9.17) is 9.84 Å². The van der Waals surface area contributed by atoms with Crippen molar-refractivity contribution in [2.45, 2.75) is 13.0 Å². The van der Waals surface area contributed by atoms with Gasteiger partial charge in [0, 0.05) is 30.0 Å². The number of rotatable bonds is 5. The van der Waals surface area contributed by atoms with Gasteiger partial charge in [-0.2, -0.15) is 0 Å². The van der Waals surface area contributed by atoms with Gasteiger partial charge in [-0.1, -0.05) is 11.8 Å². The average molecular weight is 267 g/mol. The van der Waals surface area contributed by atoms with E-state index in [1.807, 2.05) is 11.4 Å². The Morgan fingerprint density at radius 2 is 2.39 bits per heavy atom. The molecule has 0 bridgehead atoms. The van der Waals surface area contributed by atoms with Gasteiger partial charge in [-0.05, 0) is 6.07 Å². The predicted octanol–water partition coefficient (Wildman–Crippen LogP) is 1.09. The quantitative estimate of drug-likeness (QED) is 0.812. The van der Waals surface area contributed by atoms with Crippen LogP contribution in [0.4, 0.5) is 0 Å². The van der Waals surface area contributed by atoms with Crippen molar-refractivity contribution in [1.82, 2.24) is 4.90 Å². The van der Waals surface area contributed by atoms with Crippen LogP contribution in [0.5, 0.6) is 0 Å². The minimum atomic E-state index is -0.138. The molecule has 4 nitrogen and oxygen atoms in total. The van der Waals surface area contributed by atoms with Gasteiger partial charge >= 0.3 is 0 Å². The summed E-state index contributed by atoms with van der Waals surface area (Å²) < 4.78 is 4.87. The van der Waals surface area contributed by atoms with Crippen LogP contribution in [-0.4, -0.2) is 43.3 Å². The number of hydrogen-bond donors (Lipinski definition) is 1. The molecular weight excluding hydrogens is 250 g/mol. The van der Waals surface area contributed by atoms with E-state index in [-0.39, 0.29) is 12.5 Å². The zero-order chi connectivity index (χ0) is 13.4. The molecule has 0 aliphatic carbocycles. The van der Waals surface area contributed by atoms with Crippen molar-refractivity contribution in [2.24, 2.45) is 0 Å². The fourth-order valence-electron chi connectivity index (χ4n) is 1.37. The van der Waals surface area contributed by atoms with Gasteiger partial charge < -0.3 is 14.7 Å². The summed E-state index contributed by atoms with van der Waals surface area (Å²) in [5.74, 6) is 5.50. The fourth-order valence-corrected chi connectivity index (χ4v) is 2.24. The van der Waals surface area contributed by atoms with E-state index in [1.165, 1.54) is 0 Å². The molecule has 1 heterocycles. The summed E-state index contributed by atoms with van der Waals surface area (Å²) in [6.45, 7) is 0.884. The lowest BCUT2D eigenvalue weighted by molar-refractivity contribution is -0.131. The van der Waals surface area contributed by atoms with Gasteiger partial charge in [0.15, 0.2) is 0 Å². The van der Waals surface area contributed by atoms with Gasteiger partial charge in [0.1, 0.15) is 6.61 Å². The Bertz CT molecular complexity index is 445. The Kier molecular flexibility index (Phi) is 6.44. The number of methoxy groups -OCH3 is 1. The molecule has 1 aromatic heterocycles. The van der Waals surface area contributed by atoms with Crippen molar-refractivity contribution < 1.29 is 14.6 Å². The Morgan fingerprint density at radius 3 is 3.06 bits per heavy atom. The second-order valence-corrected chi connectivity index (χ2v) is 4.75. The predicted molar refractivity (Wildman–Crippen MR) is 71.2 cm³/mol. The molecule has 0 aromatic carbocycles. The molecule has 1 amide bonds. The van der Waals surface area contributed by atoms with Gasteiger partial charge in [-0.15, -0.1) is 11.3 Å². The van der Waals surface area contributed by atoms with E-state index in [9.17, 15) is 4.79 Å². The van der Waals surface area contributed by atoms with E-state index in [0.717, 1.165) is 10.4 Å². The maximum absolute atomic E-state index is 11.7. The van der Waals surface area contributed by atoms with E-state index >= 15 is 0 Å². The first-order valence-corrected chi connectivity index (χ1v) is 6.45. The lowest BCUT2D eigenvalue weighted by Crippen LogP contribution is -2.26. The normalized spacial score (nSPS) is 9.72. The number of carbonyl (C=O) groups excluding carboxylic acids is 1. The minimum Gasteiger partial charge on any atom is -0.384 e. The third kappa shape index (κ3) is 4.88. The number of aliphatic hydroxyl groups excluding tert-OH is 1. The third-order valence-electron chi connectivity index (χ3n) is 2.30. The van der Waals surface area contributed by atoms with Crippen LogP contribution in [0.1, 0.15) is 16.9 Å². The molecule has 0 atom stereocenters. The number of carbonyl (C=O) groups is 1. The van der Waals surface area contributed by atoms with Crippen molar-refractivity contribution in [1.29, 1.82) is 0 Å². The first kappa shape index (κ1) is 14.7. The Labute approximate surface area is 111 Å². The fraction of sp³-hybridized carbons (Fsp3) is 0.462. The smallest absolute Gasteiger partial charge is 0.224 e. The number of amides is 1. The molecule has 1 aromatic rings. The summed E-state index contributed by atoms with van der Waals surface area (Å²) in [5, 5.41) is 10.5. The standard InChI is InChI=1S/C13H17NO3S/c1-14(13(16)5-7-17-2)9-12-8-11(10-18-12)4-3-6-15/h8,10,15H,5-7,9H2,1-2H3. The number of thiophene rings is 1. The maximum Gasteiger partial charge on any atom is 0.224 e. The highest BCUT2D eigenvalue weighted by molar-refractivity contribution is 7.10. The summed E-state index contributed by atoms with van der Waals surface area (Å²) in [6, 6.07) is 1.94. The molecule has 0 fully saturated rings. The molecule has 1 rings (SSSR count). The molecule has 98 valence electrons. The van der Waals surface area contributed by atoms with E-state index in [2.05, 4.69) is 11.8 Å². The van der Waals surface area contributed by atoms with Crippen LogP contribution in [-0.2, 0) is 16.1 Å². The summed E-state index contributed by atoms with van der Waals surface area (Å²) >= 11 is 1.56. The summed E-state index contributed by atoms with van der Waals surface area (Å²) in [5.41, 5.74) is 0.877. The Morgan fingerprint density at radius 1 is 1.61 bits per heavy atom. The first-order chi connectivity index (χ1) is 8.67. The average Bonchev–Trinajstić information content (AvgIpc) is 2.80. The van der Waals surface area contributed by atoms with Crippen LogP contribution >= 0.6 is 11.3 Å². The number of aliphatic hydroxyl groups is 1. The molecule has 0 saturated carbocycles. The largest absolute Gasteiger partial charge is 0.384 e. The molecule has 1 N–H and O–H groups in total. The van der Waals surface area contributed by atoms with Crippen molar-refractivity contribution in [3.05, 3.63) is 21.9 Å². The molecule has 5 heteroatoms. The van der Waals surface area contributed by atoms with Gasteiger partial charge in [0.05, 0.1) is 19.6 Å². The summed E-state index contributed by atoms with van der Waals surface area (Å²) in [7, 11) is 3.36. The Hall–Kier alpha value is -1.35. The van der Waals surface area contributed by atoms with Gasteiger partial charge in [-0.25, -0.2) is 0 Å². The molecule has 18 heavy (non-hydrogen) atoms. The van der Waals surface area contributed by atoms with Crippen LogP contribution in [0.2, 0.25) is 0 Å². The Balaban J connectivity index is 2.51. The van der Waals surface area contributed by atoms with Crippen molar-refractivity contribution in [3.8, 4) is 11.8 Å². The van der Waals surface area contributed by atoms with Crippen molar-refractivity contribution in [3.63, 3.8) is 0 Å². The van der Waals surface area contributed by atoms with Crippen LogP contribution in [0.25, 0.3) is 0 Å². The topological polar surface area (TPSA) is 49.8 Å². The van der Waals surface area contributed by atoms with E-state index < -0.39 is 0 Å². The van der Waals surface area contributed by atoms with Gasteiger partial charge in [-0.3, -0.25) is 4.79 Å². The number of hydrogen-bond acceptors (Lipinski definition) is 4. The van der Waals surface area contributed by atoms with Crippen molar-refractivity contribution >= 4 is 17.2 Å². The second kappa shape index (κ2) is 7.88. The number of nitrogens with zero attached hydrogens (tertiary/aromatic N) is 1. The molecule has 0 saturated heterocycles. The van der Waals surface area contributed by atoms with Gasteiger partial charge in [0.25, 0.3) is 0 Å². The van der Waals surface area contributed by atoms with Crippen molar-refractivity contribution in [2.75, 3.05) is 27.4 Å². The van der Waals surface area contributed by atoms with Gasteiger partial charge in [0.2, 0.25) is 5.91 Å². The van der Waals surface area contributed by atoms with Crippen LogP contribution in [0.15, 0.2) is 11.4 Å². The van der Waals surface area contributed by atoms with E-state index in [1.54, 1.807) is 30.4 Å². The zero-order valence-corrected chi connectivity index (χ0v) is 11.4.